The van der Waals surface area contributed by atoms with Crippen LogP contribution < -0.4 is 4.90 Å². The molecule has 0 aromatic heterocycles. The number of hydrogen-bond donors (Lipinski definition) is 0. The molecule has 0 spiro atoms. The van der Waals surface area contributed by atoms with Crippen LogP contribution in [0.4, 0.5) is 17.1 Å². The van der Waals surface area contributed by atoms with Crippen LogP contribution in [0.2, 0.25) is 0 Å². The molecule has 10 rings (SSSR count). The molecule has 0 fully saturated rings. The van der Waals surface area contributed by atoms with Crippen LogP contribution in [-0.2, 0) is 0 Å². The van der Waals surface area contributed by atoms with Crippen LogP contribution in [0.1, 0.15) is 0 Å². The van der Waals surface area contributed by atoms with Gasteiger partial charge in [0.25, 0.3) is 0 Å². The van der Waals surface area contributed by atoms with Crippen molar-refractivity contribution in [2.45, 2.75) is 0 Å². The Kier molecular flexibility index (Phi) is 8.24. The average Bonchev–Trinajstić information content (AvgIpc) is 3.27. The Morgan fingerprint density at radius 3 is 1.51 bits per heavy atom. The Hall–Kier alpha value is -7.22. The van der Waals surface area contributed by atoms with Gasteiger partial charge in [-0.2, -0.15) is 0 Å². The van der Waals surface area contributed by atoms with Crippen LogP contribution >= 0.6 is 0 Å². The molecule has 0 saturated carbocycles. The van der Waals surface area contributed by atoms with E-state index < -0.39 is 0 Å². The fraction of sp³-hybridized carbons (Fsp3) is 0. The molecule has 0 atom stereocenters. The van der Waals surface area contributed by atoms with Gasteiger partial charge in [0.1, 0.15) is 0 Å². The number of hydrogen-bond acceptors (Lipinski definition) is 1. The maximum absolute atomic E-state index is 2.41. The number of rotatable bonds is 7. The van der Waals surface area contributed by atoms with Crippen LogP contribution in [0.3, 0.4) is 0 Å². The summed E-state index contributed by atoms with van der Waals surface area (Å²) in [6.07, 6.45) is 0. The summed E-state index contributed by atoms with van der Waals surface area (Å²) in [5.74, 6) is 0. The molecule has 0 N–H and O–H groups in total. The van der Waals surface area contributed by atoms with Gasteiger partial charge in [-0.15, -0.1) is 0 Å². The Labute approximate surface area is 322 Å². The first-order valence-corrected chi connectivity index (χ1v) is 18.9. The molecular formula is C54H37N. The van der Waals surface area contributed by atoms with Gasteiger partial charge in [-0.1, -0.05) is 182 Å². The second kappa shape index (κ2) is 14.0. The van der Waals surface area contributed by atoms with Crippen molar-refractivity contribution < 1.29 is 0 Å². The molecule has 0 bridgehead atoms. The number of nitrogens with zero attached hydrogens (tertiary/aromatic N) is 1. The first-order valence-electron chi connectivity index (χ1n) is 18.9. The van der Waals surface area contributed by atoms with Crippen molar-refractivity contribution in [2.75, 3.05) is 4.90 Å². The Bertz CT molecular complexity index is 2960. The summed E-state index contributed by atoms with van der Waals surface area (Å²) in [5, 5.41) is 7.47. The van der Waals surface area contributed by atoms with Crippen LogP contribution in [0.15, 0.2) is 224 Å². The van der Waals surface area contributed by atoms with Crippen LogP contribution in [0, 0.1) is 0 Å². The Morgan fingerprint density at radius 2 is 0.727 bits per heavy atom. The molecular weight excluding hydrogens is 663 g/mol. The van der Waals surface area contributed by atoms with E-state index >= 15 is 0 Å². The topological polar surface area (TPSA) is 3.24 Å². The number of benzene rings is 10. The predicted octanol–water partition coefficient (Wildman–Crippen LogP) is 15.3. The maximum atomic E-state index is 2.41. The zero-order valence-electron chi connectivity index (χ0n) is 30.3. The lowest BCUT2D eigenvalue weighted by Crippen LogP contribution is -2.10. The molecule has 0 unspecified atom stereocenters. The highest BCUT2D eigenvalue weighted by atomic mass is 15.1. The molecule has 55 heavy (non-hydrogen) atoms. The molecule has 0 heterocycles. The van der Waals surface area contributed by atoms with Crippen molar-refractivity contribution in [3.63, 3.8) is 0 Å². The van der Waals surface area contributed by atoms with E-state index in [1.54, 1.807) is 0 Å². The SMILES string of the molecule is c1ccc(-c2cccc(-c3cc(N(c4ccc(-c5cccc6ccccc56)cc4)c4ccc5ccc6ccccc6c5c4)ccc3-c3ccccc3)c2)cc1. The number of fused-ring (bicyclic) bond motifs is 4. The summed E-state index contributed by atoms with van der Waals surface area (Å²) in [6.45, 7) is 0. The van der Waals surface area contributed by atoms with Gasteiger partial charge >= 0.3 is 0 Å². The molecule has 0 saturated heterocycles. The van der Waals surface area contributed by atoms with Crippen molar-refractivity contribution in [1.29, 1.82) is 0 Å². The van der Waals surface area contributed by atoms with E-state index in [2.05, 4.69) is 229 Å². The first-order chi connectivity index (χ1) is 27.3. The summed E-state index contributed by atoms with van der Waals surface area (Å²) in [4.78, 5) is 2.41. The minimum absolute atomic E-state index is 1.09. The molecule has 258 valence electrons. The predicted molar refractivity (Wildman–Crippen MR) is 235 cm³/mol. The minimum atomic E-state index is 1.09. The zero-order chi connectivity index (χ0) is 36.6. The van der Waals surface area contributed by atoms with E-state index in [9.17, 15) is 0 Å². The molecule has 1 nitrogen and oxygen atoms in total. The monoisotopic (exact) mass is 699 g/mol. The van der Waals surface area contributed by atoms with Crippen LogP contribution in [0.5, 0.6) is 0 Å². The van der Waals surface area contributed by atoms with Crippen LogP contribution in [0.25, 0.3) is 76.8 Å². The summed E-state index contributed by atoms with van der Waals surface area (Å²) < 4.78 is 0. The van der Waals surface area contributed by atoms with Gasteiger partial charge in [0.15, 0.2) is 0 Å². The highest BCUT2D eigenvalue weighted by Crippen LogP contribution is 2.43. The van der Waals surface area contributed by atoms with Gasteiger partial charge in [0.05, 0.1) is 0 Å². The third kappa shape index (κ3) is 6.12. The van der Waals surface area contributed by atoms with Crippen LogP contribution in [-0.4, -0.2) is 0 Å². The third-order valence-electron chi connectivity index (χ3n) is 10.8. The molecule has 0 radical (unpaired) electrons. The second-order valence-electron chi connectivity index (χ2n) is 14.1. The van der Waals surface area contributed by atoms with Crippen molar-refractivity contribution in [1.82, 2.24) is 0 Å². The van der Waals surface area contributed by atoms with Crippen molar-refractivity contribution in [3.05, 3.63) is 224 Å². The lowest BCUT2D eigenvalue weighted by atomic mass is 9.91. The zero-order valence-corrected chi connectivity index (χ0v) is 30.3. The summed E-state index contributed by atoms with van der Waals surface area (Å²) in [5.41, 5.74) is 12.9. The minimum Gasteiger partial charge on any atom is -0.310 e. The normalized spacial score (nSPS) is 11.3. The van der Waals surface area contributed by atoms with Crippen molar-refractivity contribution in [2.24, 2.45) is 0 Å². The third-order valence-corrected chi connectivity index (χ3v) is 10.8. The molecule has 0 amide bonds. The molecule has 0 aliphatic carbocycles. The standard InChI is InChI=1S/C54H37N/c1-3-13-38(14-4-1)44-20-11-21-45(35-44)54-37-48(33-34-52(54)39-15-5-2-6-16-39)55(47-32-29-43-26-25-41-18-8-10-23-51(41)53(43)36-47)46-30-27-42(28-31-46)50-24-12-19-40-17-7-9-22-49(40)50/h1-37H. The lowest BCUT2D eigenvalue weighted by Gasteiger charge is -2.27. The number of anilines is 3. The summed E-state index contributed by atoms with van der Waals surface area (Å²) in [7, 11) is 0. The highest BCUT2D eigenvalue weighted by Gasteiger charge is 2.18. The van der Waals surface area contributed by atoms with Gasteiger partial charge in [-0.05, 0) is 119 Å². The molecule has 1 heteroatoms. The van der Waals surface area contributed by atoms with Crippen molar-refractivity contribution >= 4 is 49.4 Å². The fourth-order valence-corrected chi connectivity index (χ4v) is 8.12. The fourth-order valence-electron chi connectivity index (χ4n) is 8.12. The molecule has 0 aliphatic rings. The van der Waals surface area contributed by atoms with Gasteiger partial charge in [-0.3, -0.25) is 0 Å². The molecule has 0 aliphatic heterocycles. The maximum Gasteiger partial charge on any atom is 0.0468 e. The van der Waals surface area contributed by atoms with E-state index in [1.807, 2.05) is 0 Å². The van der Waals surface area contributed by atoms with Gasteiger partial charge in [0.2, 0.25) is 0 Å². The van der Waals surface area contributed by atoms with E-state index in [-0.39, 0.29) is 0 Å². The summed E-state index contributed by atoms with van der Waals surface area (Å²) >= 11 is 0. The molecule has 10 aromatic carbocycles. The van der Waals surface area contributed by atoms with Gasteiger partial charge in [0, 0.05) is 17.1 Å². The van der Waals surface area contributed by atoms with E-state index in [1.165, 1.54) is 76.8 Å². The Balaban J connectivity index is 1.17. The lowest BCUT2D eigenvalue weighted by molar-refractivity contribution is 1.29. The van der Waals surface area contributed by atoms with Gasteiger partial charge < -0.3 is 4.90 Å². The molecule has 10 aromatic rings. The summed E-state index contributed by atoms with van der Waals surface area (Å²) in [6, 6.07) is 81.6. The second-order valence-corrected chi connectivity index (χ2v) is 14.1. The van der Waals surface area contributed by atoms with Gasteiger partial charge in [-0.25, -0.2) is 0 Å². The van der Waals surface area contributed by atoms with E-state index in [4.69, 9.17) is 0 Å². The highest BCUT2D eigenvalue weighted by molar-refractivity contribution is 6.09. The van der Waals surface area contributed by atoms with E-state index in [0.29, 0.717) is 0 Å². The van der Waals surface area contributed by atoms with E-state index in [0.717, 1.165) is 17.1 Å². The quantitative estimate of drug-likeness (QED) is 0.150. The average molecular weight is 700 g/mol. The van der Waals surface area contributed by atoms with Crippen molar-refractivity contribution in [3.8, 4) is 44.5 Å². The Morgan fingerprint density at radius 1 is 0.218 bits per heavy atom. The smallest absolute Gasteiger partial charge is 0.0468 e. The largest absolute Gasteiger partial charge is 0.310 e. The first kappa shape index (κ1) is 32.4.